The van der Waals surface area contributed by atoms with Gasteiger partial charge in [-0.2, -0.15) is 0 Å². The van der Waals surface area contributed by atoms with Crippen molar-refractivity contribution in [1.29, 1.82) is 0 Å². The van der Waals surface area contributed by atoms with Gasteiger partial charge in [-0.05, 0) is 56.0 Å². The summed E-state index contributed by atoms with van der Waals surface area (Å²) in [4.78, 5) is 26.9. The highest BCUT2D eigenvalue weighted by Gasteiger charge is 2.77. The van der Waals surface area contributed by atoms with Crippen LogP contribution < -0.4 is 0 Å². The third-order valence-corrected chi connectivity index (χ3v) is 10.9. The Bertz CT molecular complexity index is 1320. The Balaban J connectivity index is 1.61. The van der Waals surface area contributed by atoms with E-state index in [0.717, 1.165) is 0 Å². The Morgan fingerprint density at radius 2 is 1.88 bits per heavy atom. The molecule has 1 aromatic carbocycles. The van der Waals surface area contributed by atoms with Crippen LogP contribution in [-0.2, 0) is 28.4 Å². The second kappa shape index (κ2) is 10.4. The van der Waals surface area contributed by atoms with E-state index >= 15 is 0 Å². The van der Waals surface area contributed by atoms with Crippen LogP contribution in [-0.4, -0.2) is 83.6 Å². The highest BCUT2D eigenvalue weighted by molar-refractivity contribution is 5.89. The normalized spacial score (nSPS) is 42.6. The Hall–Kier alpha value is -2.76. The minimum absolute atomic E-state index is 0.0139. The first-order chi connectivity index (χ1) is 20.3. The van der Waals surface area contributed by atoms with Gasteiger partial charge >= 0.3 is 12.1 Å². The second-order valence-corrected chi connectivity index (χ2v) is 13.3. The molecular formula is C33H42O10. The van der Waals surface area contributed by atoms with Gasteiger partial charge in [0.15, 0.2) is 11.9 Å². The fraction of sp³-hybridized carbons (Fsp3) is 0.636. The number of aliphatic hydroxyl groups excluding tert-OH is 1. The second-order valence-electron chi connectivity index (χ2n) is 13.3. The van der Waals surface area contributed by atoms with Gasteiger partial charge in [0.25, 0.3) is 0 Å². The summed E-state index contributed by atoms with van der Waals surface area (Å²) in [5, 5.41) is 24.5. The number of ether oxygens (including phenoxy) is 6. The number of esters is 1. The first-order valence-electron chi connectivity index (χ1n) is 15.1. The Kier molecular flexibility index (Phi) is 7.33. The van der Waals surface area contributed by atoms with E-state index in [0.29, 0.717) is 29.6 Å². The molecule has 0 amide bonds. The fourth-order valence-corrected chi connectivity index (χ4v) is 8.68. The van der Waals surface area contributed by atoms with Crippen molar-refractivity contribution in [3.05, 3.63) is 59.7 Å². The molecule has 0 spiro atoms. The standard InChI is InChI=1S/C33H42O10/c1-7-22-40-24-23-18(3)20(34)16-33(37,30(23,4)5)27(42-28(35)19-12-10-9-11-13-19)25-31(6,26(24)41-22)15-14-21-32(25,17-39-21)43-29(36)38-8-2/h7,9-13,20-22,24-27,34,37H,1,8,14-17H2,2-6H3/t20-,21+,22?,24+,25-,26+,27-,31+,32-,33+/m0/s1. The van der Waals surface area contributed by atoms with Crippen molar-refractivity contribution >= 4 is 12.1 Å². The maximum absolute atomic E-state index is 13.9. The molecule has 2 bridgehead atoms. The van der Waals surface area contributed by atoms with Gasteiger partial charge in [0, 0.05) is 17.3 Å². The lowest BCUT2D eigenvalue weighted by Gasteiger charge is -2.67. The molecule has 0 aromatic heterocycles. The highest BCUT2D eigenvalue weighted by Crippen LogP contribution is 2.66. The zero-order valence-electron chi connectivity index (χ0n) is 25.4. The maximum Gasteiger partial charge on any atom is 0.509 e. The SMILES string of the molecule is C=CC1O[C@@H]2C3=C(C)[C@@H](O)C[C@@](O)([C@@H](OC(=O)c4ccccc4)[C@H]4[C@@](C)(CC[C@H]5OC[C@]54OC(=O)OCC)[C@@H]2O1)C3(C)C. The molecule has 234 valence electrons. The van der Waals surface area contributed by atoms with Gasteiger partial charge in [-0.3, -0.25) is 0 Å². The van der Waals surface area contributed by atoms with Crippen LogP contribution in [0.4, 0.5) is 4.79 Å². The molecule has 2 saturated heterocycles. The lowest BCUT2D eigenvalue weighted by Crippen LogP contribution is -2.79. The van der Waals surface area contributed by atoms with Crippen LogP contribution in [0, 0.1) is 16.7 Å². The van der Waals surface area contributed by atoms with Crippen LogP contribution in [0.25, 0.3) is 0 Å². The van der Waals surface area contributed by atoms with Crippen molar-refractivity contribution in [3.8, 4) is 0 Å². The predicted molar refractivity (Wildman–Crippen MR) is 153 cm³/mol. The lowest BCUT2D eigenvalue weighted by atomic mass is 9.45. The van der Waals surface area contributed by atoms with E-state index in [1.165, 1.54) is 0 Å². The van der Waals surface area contributed by atoms with Gasteiger partial charge in [-0.25, -0.2) is 9.59 Å². The van der Waals surface area contributed by atoms with Gasteiger partial charge in [-0.1, -0.05) is 45.5 Å². The van der Waals surface area contributed by atoms with E-state index in [4.69, 9.17) is 28.4 Å². The van der Waals surface area contributed by atoms with E-state index in [9.17, 15) is 19.8 Å². The molecule has 43 heavy (non-hydrogen) atoms. The van der Waals surface area contributed by atoms with E-state index in [2.05, 4.69) is 6.58 Å². The molecule has 6 rings (SSSR count). The molecule has 0 radical (unpaired) electrons. The quantitative estimate of drug-likeness (QED) is 0.378. The molecule has 10 atom stereocenters. The molecule has 2 aliphatic heterocycles. The van der Waals surface area contributed by atoms with Crippen molar-refractivity contribution in [1.82, 2.24) is 0 Å². The zero-order valence-corrected chi connectivity index (χ0v) is 25.4. The summed E-state index contributed by atoms with van der Waals surface area (Å²) < 4.78 is 36.9. The van der Waals surface area contributed by atoms with Gasteiger partial charge in [0.2, 0.25) is 0 Å². The number of rotatable bonds is 5. The first-order valence-corrected chi connectivity index (χ1v) is 15.1. The van der Waals surface area contributed by atoms with Crippen molar-refractivity contribution < 1.29 is 48.2 Å². The van der Waals surface area contributed by atoms with E-state index in [1.807, 2.05) is 27.7 Å². The van der Waals surface area contributed by atoms with Crippen LogP contribution in [0.2, 0.25) is 0 Å². The predicted octanol–water partition coefficient (Wildman–Crippen LogP) is 4.09. The molecule has 1 aromatic rings. The van der Waals surface area contributed by atoms with Crippen LogP contribution in [0.1, 0.15) is 64.2 Å². The van der Waals surface area contributed by atoms with Crippen molar-refractivity contribution in [3.63, 3.8) is 0 Å². The minimum atomic E-state index is -1.82. The zero-order chi connectivity index (χ0) is 30.9. The largest absolute Gasteiger partial charge is 0.509 e. The highest BCUT2D eigenvalue weighted by atomic mass is 16.8. The number of fused-ring (bicyclic) bond motifs is 8. The average molecular weight is 599 g/mol. The van der Waals surface area contributed by atoms with E-state index in [1.54, 1.807) is 43.3 Å². The molecule has 2 N–H and O–H groups in total. The summed E-state index contributed by atoms with van der Waals surface area (Å²) in [5.74, 6) is -1.47. The number of aliphatic hydroxyl groups is 2. The van der Waals surface area contributed by atoms with Gasteiger partial charge in [0.1, 0.15) is 23.9 Å². The molecule has 2 saturated carbocycles. The number of hydrogen-bond acceptors (Lipinski definition) is 10. The topological polar surface area (TPSA) is 130 Å². The molecule has 10 heteroatoms. The number of carbonyl (C=O) groups is 2. The number of carbonyl (C=O) groups excluding carboxylic acids is 2. The van der Waals surface area contributed by atoms with Crippen LogP contribution in [0.5, 0.6) is 0 Å². The molecule has 10 nitrogen and oxygen atoms in total. The molecule has 2 heterocycles. The summed E-state index contributed by atoms with van der Waals surface area (Å²) in [7, 11) is 0. The number of benzene rings is 1. The molecule has 5 aliphatic rings. The summed E-state index contributed by atoms with van der Waals surface area (Å²) in [6.45, 7) is 13.3. The third-order valence-electron chi connectivity index (χ3n) is 10.9. The van der Waals surface area contributed by atoms with Gasteiger partial charge < -0.3 is 38.6 Å². The molecule has 3 aliphatic carbocycles. The number of hydrogen-bond donors (Lipinski definition) is 2. The molecule has 4 fully saturated rings. The summed E-state index contributed by atoms with van der Waals surface area (Å²) in [6.07, 6.45) is -3.21. The lowest BCUT2D eigenvalue weighted by molar-refractivity contribution is -0.344. The van der Waals surface area contributed by atoms with Gasteiger partial charge in [-0.15, -0.1) is 0 Å². The van der Waals surface area contributed by atoms with Crippen LogP contribution in [0.15, 0.2) is 54.1 Å². The Morgan fingerprint density at radius 1 is 1.16 bits per heavy atom. The summed E-state index contributed by atoms with van der Waals surface area (Å²) in [5.41, 5.74) is -3.38. The Morgan fingerprint density at radius 3 is 2.51 bits per heavy atom. The summed E-state index contributed by atoms with van der Waals surface area (Å²) >= 11 is 0. The van der Waals surface area contributed by atoms with Crippen molar-refractivity contribution in [2.45, 2.75) is 102 Å². The summed E-state index contributed by atoms with van der Waals surface area (Å²) in [6, 6.07) is 8.55. The third kappa shape index (κ3) is 4.24. The molecule has 1 unspecified atom stereocenters. The minimum Gasteiger partial charge on any atom is -0.455 e. The fourth-order valence-electron chi connectivity index (χ4n) is 8.68. The monoisotopic (exact) mass is 598 g/mol. The van der Waals surface area contributed by atoms with Crippen molar-refractivity contribution in [2.75, 3.05) is 13.2 Å². The van der Waals surface area contributed by atoms with Crippen LogP contribution >= 0.6 is 0 Å². The van der Waals surface area contributed by atoms with E-state index in [-0.39, 0.29) is 19.6 Å². The first kappa shape index (κ1) is 30.3. The Labute approximate surface area is 251 Å². The van der Waals surface area contributed by atoms with Crippen molar-refractivity contribution in [2.24, 2.45) is 16.7 Å². The average Bonchev–Trinajstić information content (AvgIpc) is 3.38. The smallest absolute Gasteiger partial charge is 0.455 e. The molecular weight excluding hydrogens is 556 g/mol. The van der Waals surface area contributed by atoms with E-state index < -0.39 is 76.9 Å². The van der Waals surface area contributed by atoms with Crippen LogP contribution in [0.3, 0.4) is 0 Å². The maximum atomic E-state index is 13.9. The van der Waals surface area contributed by atoms with Gasteiger partial charge in [0.05, 0.1) is 36.9 Å².